The van der Waals surface area contributed by atoms with Crippen molar-refractivity contribution in [1.82, 2.24) is 9.55 Å². The molecule has 0 unspecified atom stereocenters. The van der Waals surface area contributed by atoms with Crippen molar-refractivity contribution in [3.05, 3.63) is 46.2 Å². The second kappa shape index (κ2) is 4.87. The number of benzene rings is 1. The molecule has 0 aliphatic heterocycles. The van der Waals surface area contributed by atoms with Crippen LogP contribution in [0.1, 0.15) is 11.3 Å². The summed E-state index contributed by atoms with van der Waals surface area (Å²) in [5.41, 5.74) is 1.89. The van der Waals surface area contributed by atoms with Crippen molar-refractivity contribution >= 4 is 15.9 Å². The smallest absolute Gasteiger partial charge is 0.165 e. The Hall–Kier alpha value is -1.36. The van der Waals surface area contributed by atoms with Crippen LogP contribution in [0.4, 0.5) is 4.39 Å². The number of aryl methyl sites for hydroxylation is 1. The van der Waals surface area contributed by atoms with E-state index in [0.717, 1.165) is 15.9 Å². The van der Waals surface area contributed by atoms with Crippen LogP contribution < -0.4 is 4.74 Å². The molecule has 1 aromatic carbocycles. The monoisotopic (exact) mass is 298 g/mol. The Kier molecular flexibility index (Phi) is 3.47. The van der Waals surface area contributed by atoms with E-state index in [1.54, 1.807) is 12.4 Å². The molecular formula is C12H12BrFN2O. The van der Waals surface area contributed by atoms with Gasteiger partial charge in [0.15, 0.2) is 11.6 Å². The van der Waals surface area contributed by atoms with E-state index >= 15 is 0 Å². The van der Waals surface area contributed by atoms with E-state index in [4.69, 9.17) is 4.74 Å². The number of rotatable bonds is 3. The first-order chi connectivity index (χ1) is 8.11. The summed E-state index contributed by atoms with van der Waals surface area (Å²) in [6, 6.07) is 4.97. The Bertz CT molecular complexity index is 520. The molecule has 90 valence electrons. The van der Waals surface area contributed by atoms with Gasteiger partial charge in [0.2, 0.25) is 0 Å². The van der Waals surface area contributed by atoms with E-state index in [9.17, 15) is 4.39 Å². The number of imidazole rings is 1. The van der Waals surface area contributed by atoms with Gasteiger partial charge in [-0.25, -0.2) is 9.37 Å². The lowest BCUT2D eigenvalue weighted by molar-refractivity contribution is 0.386. The van der Waals surface area contributed by atoms with Gasteiger partial charge in [0.05, 0.1) is 19.1 Å². The molecule has 0 saturated carbocycles. The highest BCUT2D eigenvalue weighted by Gasteiger charge is 2.09. The van der Waals surface area contributed by atoms with Gasteiger partial charge in [-0.1, -0.05) is 6.07 Å². The molecule has 2 rings (SSSR count). The maximum absolute atomic E-state index is 13.5. The number of aromatic nitrogens is 2. The Morgan fingerprint density at radius 2 is 2.24 bits per heavy atom. The molecule has 0 saturated heterocycles. The third-order valence-electron chi connectivity index (χ3n) is 2.60. The molecule has 17 heavy (non-hydrogen) atoms. The Morgan fingerprint density at radius 3 is 2.76 bits per heavy atom. The summed E-state index contributed by atoms with van der Waals surface area (Å²) in [7, 11) is 3.36. The standard InChI is InChI=1S/C12H12BrFN2O/c1-16-7-15-12(13)10(16)6-8-3-4-11(17-2)9(14)5-8/h3-5,7H,6H2,1-2H3. The minimum Gasteiger partial charge on any atom is -0.494 e. The number of hydrogen-bond donors (Lipinski definition) is 0. The predicted molar refractivity (Wildman–Crippen MR) is 66.7 cm³/mol. The van der Waals surface area contributed by atoms with Crippen molar-refractivity contribution in [3.63, 3.8) is 0 Å². The van der Waals surface area contributed by atoms with E-state index in [1.165, 1.54) is 13.2 Å². The number of nitrogens with zero attached hydrogens (tertiary/aromatic N) is 2. The average Bonchev–Trinajstić information content (AvgIpc) is 2.61. The number of hydrogen-bond acceptors (Lipinski definition) is 2. The number of methoxy groups -OCH3 is 1. The molecule has 0 amide bonds. The lowest BCUT2D eigenvalue weighted by atomic mass is 10.1. The molecule has 0 radical (unpaired) electrons. The van der Waals surface area contributed by atoms with Crippen LogP contribution in [0.3, 0.4) is 0 Å². The zero-order valence-electron chi connectivity index (χ0n) is 9.58. The summed E-state index contributed by atoms with van der Waals surface area (Å²) in [5.74, 6) is -0.0823. The molecule has 0 aliphatic carbocycles. The van der Waals surface area contributed by atoms with Crippen LogP contribution >= 0.6 is 15.9 Å². The lowest BCUT2D eigenvalue weighted by Gasteiger charge is -2.06. The third kappa shape index (κ3) is 2.49. The fourth-order valence-corrected chi connectivity index (χ4v) is 2.15. The van der Waals surface area contributed by atoms with Gasteiger partial charge in [-0.2, -0.15) is 0 Å². The van der Waals surface area contributed by atoms with Crippen molar-refractivity contribution in [2.45, 2.75) is 6.42 Å². The molecule has 1 aromatic heterocycles. The molecule has 0 N–H and O–H groups in total. The second-order valence-corrected chi connectivity index (χ2v) is 4.49. The molecule has 2 aromatic rings. The Balaban J connectivity index is 2.28. The molecule has 0 atom stereocenters. The van der Waals surface area contributed by atoms with Gasteiger partial charge in [-0.15, -0.1) is 0 Å². The predicted octanol–water partition coefficient (Wildman–Crippen LogP) is 2.92. The molecule has 0 bridgehead atoms. The van der Waals surface area contributed by atoms with Crippen LogP contribution in [0.5, 0.6) is 5.75 Å². The second-order valence-electron chi connectivity index (χ2n) is 3.74. The van der Waals surface area contributed by atoms with Crippen LogP contribution in [0.2, 0.25) is 0 Å². The number of halogens is 2. The van der Waals surface area contributed by atoms with Gasteiger partial charge in [-0.3, -0.25) is 0 Å². The fourth-order valence-electron chi connectivity index (χ4n) is 1.64. The first-order valence-corrected chi connectivity index (χ1v) is 5.89. The maximum Gasteiger partial charge on any atom is 0.165 e. The van der Waals surface area contributed by atoms with Gasteiger partial charge >= 0.3 is 0 Å². The zero-order valence-corrected chi connectivity index (χ0v) is 11.2. The molecular weight excluding hydrogens is 287 g/mol. The molecule has 1 heterocycles. The molecule has 5 heteroatoms. The highest BCUT2D eigenvalue weighted by Crippen LogP contribution is 2.22. The van der Waals surface area contributed by atoms with E-state index in [0.29, 0.717) is 6.42 Å². The Morgan fingerprint density at radius 1 is 1.47 bits per heavy atom. The normalized spacial score (nSPS) is 10.6. The van der Waals surface area contributed by atoms with Crippen molar-refractivity contribution in [2.75, 3.05) is 7.11 Å². The molecule has 0 aliphatic rings. The summed E-state index contributed by atoms with van der Waals surface area (Å²) >= 11 is 3.37. The SMILES string of the molecule is COc1ccc(Cc2c(Br)ncn2C)cc1F. The average molecular weight is 299 g/mol. The molecule has 3 nitrogen and oxygen atoms in total. The van der Waals surface area contributed by atoms with Crippen molar-refractivity contribution in [1.29, 1.82) is 0 Å². The summed E-state index contributed by atoms with van der Waals surface area (Å²) in [6.07, 6.45) is 2.34. The summed E-state index contributed by atoms with van der Waals surface area (Å²) in [6.45, 7) is 0. The summed E-state index contributed by atoms with van der Waals surface area (Å²) < 4.78 is 21.1. The van der Waals surface area contributed by atoms with Crippen molar-refractivity contribution in [3.8, 4) is 5.75 Å². The maximum atomic E-state index is 13.5. The molecule has 0 spiro atoms. The van der Waals surface area contributed by atoms with Crippen molar-refractivity contribution in [2.24, 2.45) is 7.05 Å². The van der Waals surface area contributed by atoms with E-state index in [2.05, 4.69) is 20.9 Å². The van der Waals surface area contributed by atoms with Gasteiger partial charge in [-0.05, 0) is 33.6 Å². The third-order valence-corrected chi connectivity index (χ3v) is 3.26. The van der Waals surface area contributed by atoms with Gasteiger partial charge in [0.25, 0.3) is 0 Å². The van der Waals surface area contributed by atoms with Crippen LogP contribution in [0, 0.1) is 5.82 Å². The van der Waals surface area contributed by atoms with Crippen LogP contribution in [-0.4, -0.2) is 16.7 Å². The molecule has 0 fully saturated rings. The van der Waals surface area contributed by atoms with Gasteiger partial charge in [0.1, 0.15) is 4.60 Å². The zero-order chi connectivity index (χ0) is 12.4. The van der Waals surface area contributed by atoms with Crippen LogP contribution in [0.15, 0.2) is 29.1 Å². The van der Waals surface area contributed by atoms with Crippen LogP contribution in [-0.2, 0) is 13.5 Å². The highest BCUT2D eigenvalue weighted by atomic mass is 79.9. The Labute approximate surface area is 107 Å². The first-order valence-electron chi connectivity index (χ1n) is 5.10. The fraction of sp³-hybridized carbons (Fsp3) is 0.250. The lowest BCUT2D eigenvalue weighted by Crippen LogP contribution is -1.98. The number of ether oxygens (including phenoxy) is 1. The van der Waals surface area contributed by atoms with E-state index in [1.807, 2.05) is 17.7 Å². The largest absolute Gasteiger partial charge is 0.494 e. The minimum absolute atomic E-state index is 0.262. The first kappa shape index (κ1) is 12.1. The topological polar surface area (TPSA) is 27.1 Å². The van der Waals surface area contributed by atoms with E-state index in [-0.39, 0.29) is 11.6 Å². The summed E-state index contributed by atoms with van der Waals surface area (Å²) in [4.78, 5) is 4.13. The highest BCUT2D eigenvalue weighted by molar-refractivity contribution is 9.10. The quantitative estimate of drug-likeness (QED) is 0.871. The van der Waals surface area contributed by atoms with E-state index < -0.39 is 0 Å². The van der Waals surface area contributed by atoms with Crippen LogP contribution in [0.25, 0.3) is 0 Å². The van der Waals surface area contributed by atoms with Gasteiger partial charge in [0, 0.05) is 13.5 Å². The summed E-state index contributed by atoms with van der Waals surface area (Å²) in [5, 5.41) is 0. The van der Waals surface area contributed by atoms with Gasteiger partial charge < -0.3 is 9.30 Å². The minimum atomic E-state index is -0.344. The van der Waals surface area contributed by atoms with Crippen molar-refractivity contribution < 1.29 is 9.13 Å².